The van der Waals surface area contributed by atoms with Gasteiger partial charge in [-0.05, 0) is 76.8 Å². The van der Waals surface area contributed by atoms with E-state index in [0.717, 1.165) is 40.3 Å². The number of anilines is 2. The molecule has 1 amide bonds. The number of amides is 1. The Labute approximate surface area is 234 Å². The molecule has 9 nitrogen and oxygen atoms in total. The van der Waals surface area contributed by atoms with E-state index in [-0.39, 0.29) is 12.1 Å². The summed E-state index contributed by atoms with van der Waals surface area (Å²) in [6, 6.07) is 13.7. The van der Waals surface area contributed by atoms with Crippen LogP contribution in [-0.4, -0.2) is 50.7 Å². The first-order valence-electron chi connectivity index (χ1n) is 13.6. The minimum atomic E-state index is -0.534. The van der Waals surface area contributed by atoms with Crippen LogP contribution in [0.25, 0.3) is 22.0 Å². The number of ether oxygens (including phenoxy) is 2. The zero-order valence-corrected chi connectivity index (χ0v) is 23.7. The van der Waals surface area contributed by atoms with Gasteiger partial charge in [0.15, 0.2) is 0 Å². The zero-order valence-electron chi connectivity index (χ0n) is 23.7. The number of nitrogens with two attached hydrogens (primary N) is 1. The maximum Gasteiger partial charge on any atom is 0.410 e. The van der Waals surface area contributed by atoms with E-state index in [4.69, 9.17) is 20.2 Å². The van der Waals surface area contributed by atoms with Crippen molar-refractivity contribution in [2.24, 2.45) is 0 Å². The number of nitrogens with zero attached hydrogens (tertiary/aromatic N) is 4. The Morgan fingerprint density at radius 2 is 1.93 bits per heavy atom. The van der Waals surface area contributed by atoms with Gasteiger partial charge in [-0.3, -0.25) is 0 Å². The molecule has 0 aliphatic carbocycles. The van der Waals surface area contributed by atoms with Gasteiger partial charge in [0.05, 0.1) is 11.3 Å². The lowest BCUT2D eigenvalue weighted by Crippen LogP contribution is -2.47. The van der Waals surface area contributed by atoms with Gasteiger partial charge in [-0.25, -0.2) is 19.7 Å². The zero-order chi connectivity index (χ0) is 28.4. The fraction of sp³-hybridized carbons (Fsp3) is 0.355. The first kappa shape index (κ1) is 27.2. The van der Waals surface area contributed by atoms with Crippen LogP contribution in [0.5, 0.6) is 11.6 Å². The second kappa shape index (κ2) is 11.0. The number of hydrogen-bond donors (Lipinski definition) is 2. The predicted octanol–water partition coefficient (Wildman–Crippen LogP) is 6.49. The van der Waals surface area contributed by atoms with Crippen LogP contribution >= 0.6 is 0 Å². The van der Waals surface area contributed by atoms with Gasteiger partial charge in [0.2, 0.25) is 11.8 Å². The van der Waals surface area contributed by atoms with Crippen molar-refractivity contribution in [1.82, 2.24) is 19.9 Å². The SMILES string of the molecule is Cc1cnc(Oc2c(C)ccc3c(N)cccc23)c(-c2ccnc(N[C@H]3CCCN(C(=O)OC(C)(C)C)C3)n2)c1. The van der Waals surface area contributed by atoms with Crippen LogP contribution in [0.15, 0.2) is 54.9 Å². The van der Waals surface area contributed by atoms with Crippen LogP contribution in [0.1, 0.15) is 44.7 Å². The molecule has 0 bridgehead atoms. The van der Waals surface area contributed by atoms with Crippen molar-refractivity contribution in [3.8, 4) is 22.9 Å². The molecule has 9 heteroatoms. The van der Waals surface area contributed by atoms with Gasteiger partial charge < -0.3 is 25.4 Å². The summed E-state index contributed by atoms with van der Waals surface area (Å²) in [5.74, 6) is 1.64. The Hall–Kier alpha value is -4.40. The number of nitrogen functional groups attached to an aromatic ring is 1. The number of rotatable bonds is 5. The van der Waals surface area contributed by atoms with Crippen molar-refractivity contribution >= 4 is 28.5 Å². The van der Waals surface area contributed by atoms with Crippen LogP contribution in [0.2, 0.25) is 0 Å². The molecule has 5 rings (SSSR count). The number of pyridine rings is 1. The summed E-state index contributed by atoms with van der Waals surface area (Å²) >= 11 is 0. The highest BCUT2D eigenvalue weighted by Gasteiger charge is 2.28. The minimum absolute atomic E-state index is 0.00617. The van der Waals surface area contributed by atoms with Crippen molar-refractivity contribution < 1.29 is 14.3 Å². The molecule has 208 valence electrons. The Morgan fingerprint density at radius 3 is 2.73 bits per heavy atom. The van der Waals surface area contributed by atoms with Crippen molar-refractivity contribution in [2.75, 3.05) is 24.1 Å². The average Bonchev–Trinajstić information content (AvgIpc) is 2.90. The summed E-state index contributed by atoms with van der Waals surface area (Å²) < 4.78 is 12.1. The van der Waals surface area contributed by atoms with Crippen molar-refractivity contribution in [2.45, 2.75) is 59.1 Å². The van der Waals surface area contributed by atoms with E-state index in [0.29, 0.717) is 42.0 Å². The van der Waals surface area contributed by atoms with Gasteiger partial charge >= 0.3 is 6.09 Å². The molecule has 1 aliphatic rings. The van der Waals surface area contributed by atoms with Crippen LogP contribution in [-0.2, 0) is 4.74 Å². The Balaban J connectivity index is 1.40. The summed E-state index contributed by atoms with van der Waals surface area (Å²) in [4.78, 5) is 28.3. The number of carbonyl (C=O) groups is 1. The molecule has 1 atom stereocenters. The number of aromatic nitrogens is 3. The summed E-state index contributed by atoms with van der Waals surface area (Å²) in [6.07, 6.45) is 4.96. The van der Waals surface area contributed by atoms with Crippen molar-refractivity contribution in [3.05, 3.63) is 66.0 Å². The van der Waals surface area contributed by atoms with Crippen molar-refractivity contribution in [1.29, 1.82) is 0 Å². The van der Waals surface area contributed by atoms with Gasteiger partial charge in [-0.15, -0.1) is 0 Å². The van der Waals surface area contributed by atoms with Gasteiger partial charge in [0.1, 0.15) is 11.4 Å². The van der Waals surface area contributed by atoms with E-state index in [2.05, 4.69) is 15.3 Å². The number of likely N-dealkylation sites (tertiary alicyclic amines) is 1. The second-order valence-corrected chi connectivity index (χ2v) is 11.3. The molecule has 0 radical (unpaired) electrons. The predicted molar refractivity (Wildman–Crippen MR) is 158 cm³/mol. The van der Waals surface area contributed by atoms with E-state index in [1.807, 2.05) is 77.1 Å². The summed E-state index contributed by atoms with van der Waals surface area (Å²) in [5.41, 5.74) is 9.78. The molecule has 0 spiro atoms. The Kier molecular flexibility index (Phi) is 7.47. The number of benzene rings is 2. The number of carbonyl (C=O) groups excluding carboxylic acids is 1. The van der Waals surface area contributed by atoms with E-state index in [9.17, 15) is 4.79 Å². The van der Waals surface area contributed by atoms with Crippen molar-refractivity contribution in [3.63, 3.8) is 0 Å². The first-order valence-corrected chi connectivity index (χ1v) is 13.6. The number of hydrogen-bond acceptors (Lipinski definition) is 8. The fourth-order valence-electron chi connectivity index (χ4n) is 4.87. The highest BCUT2D eigenvalue weighted by molar-refractivity contribution is 5.97. The maximum absolute atomic E-state index is 12.6. The van der Waals surface area contributed by atoms with E-state index in [1.54, 1.807) is 17.3 Å². The fourth-order valence-corrected chi connectivity index (χ4v) is 4.87. The molecule has 3 heterocycles. The lowest BCUT2D eigenvalue weighted by molar-refractivity contribution is 0.0206. The van der Waals surface area contributed by atoms with Gasteiger partial charge in [-0.2, -0.15) is 0 Å². The average molecular weight is 541 g/mol. The number of nitrogens with one attached hydrogen (secondary N) is 1. The van der Waals surface area contributed by atoms with Crippen LogP contribution in [0, 0.1) is 13.8 Å². The molecule has 40 heavy (non-hydrogen) atoms. The molecule has 4 aromatic rings. The number of piperidine rings is 1. The molecule has 2 aromatic carbocycles. The smallest absolute Gasteiger partial charge is 0.410 e. The quantitative estimate of drug-likeness (QED) is 0.276. The second-order valence-electron chi connectivity index (χ2n) is 11.3. The number of aryl methyl sites for hydroxylation is 2. The largest absolute Gasteiger partial charge is 0.444 e. The summed E-state index contributed by atoms with van der Waals surface area (Å²) in [6.45, 7) is 10.8. The molecular formula is C31H36N6O3. The highest BCUT2D eigenvalue weighted by atomic mass is 16.6. The molecule has 1 fully saturated rings. The maximum atomic E-state index is 12.6. The molecular weight excluding hydrogens is 504 g/mol. The number of fused-ring (bicyclic) bond motifs is 1. The summed E-state index contributed by atoms with van der Waals surface area (Å²) in [5, 5.41) is 5.27. The lowest BCUT2D eigenvalue weighted by Gasteiger charge is -2.34. The van der Waals surface area contributed by atoms with Crippen LogP contribution in [0.3, 0.4) is 0 Å². The van der Waals surface area contributed by atoms with Gasteiger partial charge in [0.25, 0.3) is 0 Å². The normalized spacial score (nSPS) is 15.6. The third-order valence-electron chi connectivity index (χ3n) is 6.77. The van der Waals surface area contributed by atoms with Gasteiger partial charge in [-0.1, -0.05) is 24.3 Å². The highest BCUT2D eigenvalue weighted by Crippen LogP contribution is 2.38. The molecule has 3 N–H and O–H groups in total. The van der Waals surface area contributed by atoms with E-state index >= 15 is 0 Å². The van der Waals surface area contributed by atoms with Gasteiger partial charge in [0, 0.05) is 48.0 Å². The topological polar surface area (TPSA) is 115 Å². The minimum Gasteiger partial charge on any atom is -0.444 e. The van der Waals surface area contributed by atoms with Crippen LogP contribution in [0.4, 0.5) is 16.4 Å². The lowest BCUT2D eigenvalue weighted by atomic mass is 10.0. The third kappa shape index (κ3) is 6.09. The molecule has 2 aromatic heterocycles. The molecule has 0 unspecified atom stereocenters. The third-order valence-corrected chi connectivity index (χ3v) is 6.77. The Bertz CT molecular complexity index is 1550. The molecule has 1 aliphatic heterocycles. The standard InChI is InChI=1S/C31H36N6O3/c1-19-16-24(28(34-17-19)39-27-20(2)11-12-22-23(27)9-6-10-25(22)32)26-13-14-33-29(36-26)35-21-8-7-15-37(18-21)30(38)40-31(3,4)5/h6,9-14,16-17,21H,7-8,15,18,32H2,1-5H3,(H,33,35,36)/t21-/m0/s1. The summed E-state index contributed by atoms with van der Waals surface area (Å²) in [7, 11) is 0. The van der Waals surface area contributed by atoms with E-state index in [1.165, 1.54) is 0 Å². The monoisotopic (exact) mass is 540 g/mol. The van der Waals surface area contributed by atoms with E-state index < -0.39 is 5.60 Å². The molecule has 1 saturated heterocycles. The molecule has 0 saturated carbocycles. The first-order chi connectivity index (χ1) is 19.1. The van der Waals surface area contributed by atoms with Crippen LogP contribution < -0.4 is 15.8 Å². The Morgan fingerprint density at radius 1 is 1.10 bits per heavy atom.